The Bertz CT molecular complexity index is 206. The molecule has 0 spiro atoms. The van der Waals surface area contributed by atoms with Crippen molar-refractivity contribution in [2.75, 3.05) is 13.2 Å². The number of ether oxygens (including phenoxy) is 1. The third-order valence-electron chi connectivity index (χ3n) is 3.02. The van der Waals surface area contributed by atoms with Crippen LogP contribution >= 0.6 is 12.4 Å². The smallest absolute Gasteiger partial charge is 0.236 e. The van der Waals surface area contributed by atoms with Crippen LogP contribution in [0.25, 0.3) is 0 Å². The summed E-state index contributed by atoms with van der Waals surface area (Å²) in [4.78, 5) is 11.5. The molecule has 0 radical (unpaired) electrons. The monoisotopic (exact) mass is 250 g/mol. The van der Waals surface area contributed by atoms with Gasteiger partial charge in [0, 0.05) is 19.3 Å². The first-order valence-corrected chi connectivity index (χ1v) is 5.78. The SMILES string of the molecule is CCC(NC(=O)[C@H](C)N)C1CCOCC1.Cl. The molecule has 1 rings (SSSR count). The number of amides is 1. The number of rotatable bonds is 4. The van der Waals surface area contributed by atoms with Crippen LogP contribution in [0.4, 0.5) is 0 Å². The molecule has 2 atom stereocenters. The van der Waals surface area contributed by atoms with Gasteiger partial charge in [-0.15, -0.1) is 12.4 Å². The summed E-state index contributed by atoms with van der Waals surface area (Å²) in [5.74, 6) is 0.500. The van der Waals surface area contributed by atoms with Crippen LogP contribution < -0.4 is 11.1 Å². The van der Waals surface area contributed by atoms with E-state index >= 15 is 0 Å². The maximum absolute atomic E-state index is 11.5. The highest BCUT2D eigenvalue weighted by molar-refractivity contribution is 5.85. The van der Waals surface area contributed by atoms with E-state index in [-0.39, 0.29) is 24.4 Å². The van der Waals surface area contributed by atoms with Crippen LogP contribution in [-0.2, 0) is 9.53 Å². The lowest BCUT2D eigenvalue weighted by atomic mass is 9.90. The van der Waals surface area contributed by atoms with Crippen molar-refractivity contribution < 1.29 is 9.53 Å². The van der Waals surface area contributed by atoms with E-state index in [9.17, 15) is 4.79 Å². The third-order valence-corrected chi connectivity index (χ3v) is 3.02. The van der Waals surface area contributed by atoms with Gasteiger partial charge < -0.3 is 15.8 Å². The lowest BCUT2D eigenvalue weighted by molar-refractivity contribution is -0.123. The van der Waals surface area contributed by atoms with Crippen molar-refractivity contribution in [3.05, 3.63) is 0 Å². The Morgan fingerprint density at radius 2 is 2.06 bits per heavy atom. The topological polar surface area (TPSA) is 64.4 Å². The fourth-order valence-corrected chi connectivity index (χ4v) is 1.99. The van der Waals surface area contributed by atoms with Crippen molar-refractivity contribution in [3.8, 4) is 0 Å². The number of halogens is 1. The average molecular weight is 251 g/mol. The number of hydrogen-bond donors (Lipinski definition) is 2. The van der Waals surface area contributed by atoms with Crippen molar-refractivity contribution in [2.45, 2.75) is 45.2 Å². The molecule has 0 aromatic carbocycles. The zero-order valence-electron chi connectivity index (χ0n) is 10.1. The zero-order valence-corrected chi connectivity index (χ0v) is 10.9. The van der Waals surface area contributed by atoms with Crippen molar-refractivity contribution in [1.29, 1.82) is 0 Å². The van der Waals surface area contributed by atoms with Gasteiger partial charge in [0.1, 0.15) is 0 Å². The molecule has 1 heterocycles. The summed E-state index contributed by atoms with van der Waals surface area (Å²) in [5, 5.41) is 3.02. The van der Waals surface area contributed by atoms with E-state index in [1.54, 1.807) is 6.92 Å². The maximum atomic E-state index is 11.5. The molecule has 96 valence electrons. The molecule has 0 aromatic heterocycles. The second-order valence-corrected chi connectivity index (χ2v) is 4.26. The summed E-state index contributed by atoms with van der Waals surface area (Å²) in [6.07, 6.45) is 3.04. The third kappa shape index (κ3) is 4.68. The molecule has 4 nitrogen and oxygen atoms in total. The standard InChI is InChI=1S/C11H22N2O2.ClH/c1-3-10(13-11(14)8(2)12)9-4-6-15-7-5-9;/h8-10H,3-7,12H2,1-2H3,(H,13,14);1H/t8-,10?;/m0./s1. The minimum Gasteiger partial charge on any atom is -0.381 e. The molecule has 1 aliphatic rings. The Morgan fingerprint density at radius 1 is 1.50 bits per heavy atom. The van der Waals surface area contributed by atoms with E-state index in [1.807, 2.05) is 0 Å². The Morgan fingerprint density at radius 3 is 2.50 bits per heavy atom. The van der Waals surface area contributed by atoms with Crippen molar-refractivity contribution >= 4 is 18.3 Å². The van der Waals surface area contributed by atoms with E-state index in [0.717, 1.165) is 32.5 Å². The summed E-state index contributed by atoms with van der Waals surface area (Å²) in [7, 11) is 0. The predicted molar refractivity (Wildman–Crippen MR) is 66.7 cm³/mol. The fourth-order valence-electron chi connectivity index (χ4n) is 1.99. The van der Waals surface area contributed by atoms with Gasteiger partial charge in [-0.3, -0.25) is 4.79 Å². The highest BCUT2D eigenvalue weighted by Gasteiger charge is 2.24. The molecule has 1 fully saturated rings. The molecule has 0 bridgehead atoms. The lowest BCUT2D eigenvalue weighted by Crippen LogP contribution is -2.47. The van der Waals surface area contributed by atoms with Crippen LogP contribution in [-0.4, -0.2) is 31.2 Å². The fraction of sp³-hybridized carbons (Fsp3) is 0.909. The van der Waals surface area contributed by atoms with Gasteiger partial charge >= 0.3 is 0 Å². The first-order chi connectivity index (χ1) is 7.15. The summed E-state index contributed by atoms with van der Waals surface area (Å²) < 4.78 is 5.31. The zero-order chi connectivity index (χ0) is 11.3. The van der Waals surface area contributed by atoms with Gasteiger partial charge in [-0.25, -0.2) is 0 Å². The molecular formula is C11H23ClN2O2. The number of hydrogen-bond acceptors (Lipinski definition) is 3. The highest BCUT2D eigenvalue weighted by atomic mass is 35.5. The Hall–Kier alpha value is -0.320. The van der Waals surface area contributed by atoms with E-state index in [2.05, 4.69) is 12.2 Å². The summed E-state index contributed by atoms with van der Waals surface area (Å²) in [5.41, 5.74) is 5.53. The Labute approximate surface area is 104 Å². The van der Waals surface area contributed by atoms with Crippen LogP contribution in [0.3, 0.4) is 0 Å². The summed E-state index contributed by atoms with van der Waals surface area (Å²) >= 11 is 0. The highest BCUT2D eigenvalue weighted by Crippen LogP contribution is 2.20. The Balaban J connectivity index is 0.00000225. The van der Waals surface area contributed by atoms with E-state index in [1.165, 1.54) is 0 Å². The average Bonchev–Trinajstić information content (AvgIpc) is 2.26. The normalized spacial score (nSPS) is 20.7. The van der Waals surface area contributed by atoms with E-state index < -0.39 is 6.04 Å². The quantitative estimate of drug-likeness (QED) is 0.785. The van der Waals surface area contributed by atoms with Crippen molar-refractivity contribution in [1.82, 2.24) is 5.32 Å². The first kappa shape index (κ1) is 15.7. The van der Waals surface area contributed by atoms with Gasteiger partial charge in [0.2, 0.25) is 5.91 Å². The van der Waals surface area contributed by atoms with Crippen LogP contribution in [0, 0.1) is 5.92 Å². The van der Waals surface area contributed by atoms with Crippen molar-refractivity contribution in [2.24, 2.45) is 11.7 Å². The molecule has 1 saturated heterocycles. The number of carbonyl (C=O) groups excluding carboxylic acids is 1. The molecule has 1 unspecified atom stereocenters. The van der Waals surface area contributed by atoms with Gasteiger partial charge in [-0.1, -0.05) is 6.92 Å². The van der Waals surface area contributed by atoms with Crippen LogP contribution in [0.2, 0.25) is 0 Å². The van der Waals surface area contributed by atoms with E-state index in [0.29, 0.717) is 5.92 Å². The number of nitrogens with one attached hydrogen (secondary N) is 1. The minimum absolute atomic E-state index is 0. The second-order valence-electron chi connectivity index (χ2n) is 4.26. The van der Waals surface area contributed by atoms with Crippen LogP contribution in [0.15, 0.2) is 0 Å². The Kier molecular flexibility index (Phi) is 7.72. The number of nitrogens with two attached hydrogens (primary N) is 1. The second kappa shape index (κ2) is 7.87. The summed E-state index contributed by atoms with van der Waals surface area (Å²) in [6.45, 7) is 5.44. The minimum atomic E-state index is -0.418. The van der Waals surface area contributed by atoms with Gasteiger partial charge in [0.25, 0.3) is 0 Å². The van der Waals surface area contributed by atoms with E-state index in [4.69, 9.17) is 10.5 Å². The maximum Gasteiger partial charge on any atom is 0.236 e. The molecule has 0 aliphatic carbocycles. The molecule has 0 saturated carbocycles. The molecule has 1 amide bonds. The molecule has 0 aromatic rings. The first-order valence-electron chi connectivity index (χ1n) is 5.78. The molecule has 16 heavy (non-hydrogen) atoms. The van der Waals surface area contributed by atoms with Gasteiger partial charge in [0.05, 0.1) is 6.04 Å². The van der Waals surface area contributed by atoms with Crippen LogP contribution in [0.5, 0.6) is 0 Å². The van der Waals surface area contributed by atoms with Gasteiger partial charge in [-0.2, -0.15) is 0 Å². The molecular weight excluding hydrogens is 228 g/mol. The van der Waals surface area contributed by atoms with Gasteiger partial charge in [0.15, 0.2) is 0 Å². The summed E-state index contributed by atoms with van der Waals surface area (Å²) in [6, 6.07) is -0.161. The van der Waals surface area contributed by atoms with Gasteiger partial charge in [-0.05, 0) is 32.1 Å². The molecule has 5 heteroatoms. The largest absolute Gasteiger partial charge is 0.381 e. The van der Waals surface area contributed by atoms with Crippen molar-refractivity contribution in [3.63, 3.8) is 0 Å². The van der Waals surface area contributed by atoms with Crippen LogP contribution in [0.1, 0.15) is 33.1 Å². The molecule has 1 aliphatic heterocycles. The lowest BCUT2D eigenvalue weighted by Gasteiger charge is -2.30. The predicted octanol–water partition coefficient (Wildman–Crippen LogP) is 1.08. The molecule has 3 N–H and O–H groups in total. The number of carbonyl (C=O) groups is 1.